The highest BCUT2D eigenvalue weighted by molar-refractivity contribution is 5.32. The van der Waals surface area contributed by atoms with Crippen LogP contribution in [0.25, 0.3) is 0 Å². The molecule has 0 saturated heterocycles. The van der Waals surface area contributed by atoms with E-state index < -0.39 is 0 Å². The van der Waals surface area contributed by atoms with Gasteiger partial charge in [-0.05, 0) is 44.7 Å². The monoisotopic (exact) mass is 243 g/mol. The Labute approximate surface area is 107 Å². The molecule has 1 atom stereocenters. The van der Waals surface area contributed by atoms with Crippen LogP contribution in [-0.2, 0) is 0 Å². The number of aromatic nitrogens is 2. The maximum Gasteiger partial charge on any atom is 0.219 e. The van der Waals surface area contributed by atoms with E-state index in [0.29, 0.717) is 5.88 Å². The molecule has 2 aromatic rings. The van der Waals surface area contributed by atoms with Gasteiger partial charge >= 0.3 is 0 Å². The largest absolute Gasteiger partial charge is 0.437 e. The molecule has 0 amide bonds. The average Bonchev–Trinajstić information content (AvgIpc) is 2.41. The molecule has 2 aromatic heterocycles. The Morgan fingerprint density at radius 2 is 2.06 bits per heavy atom. The lowest BCUT2D eigenvalue weighted by Gasteiger charge is -2.12. The summed E-state index contributed by atoms with van der Waals surface area (Å²) in [4.78, 5) is 8.40. The van der Waals surface area contributed by atoms with E-state index in [1.165, 1.54) is 0 Å². The normalized spacial score (nSPS) is 12.2. The van der Waals surface area contributed by atoms with Crippen molar-refractivity contribution >= 4 is 0 Å². The number of pyridine rings is 2. The molecule has 0 radical (unpaired) electrons. The first kappa shape index (κ1) is 12.5. The molecule has 0 aliphatic heterocycles. The third kappa shape index (κ3) is 2.84. The lowest BCUT2D eigenvalue weighted by molar-refractivity contribution is 0.454. The molecule has 18 heavy (non-hydrogen) atoms. The number of nitrogens with zero attached hydrogens (tertiary/aromatic N) is 2. The fourth-order valence-corrected chi connectivity index (χ4v) is 1.61. The van der Waals surface area contributed by atoms with E-state index in [1.807, 2.05) is 38.2 Å². The molecule has 2 rings (SSSR count). The van der Waals surface area contributed by atoms with E-state index in [-0.39, 0.29) is 6.04 Å². The number of hydrogen-bond donors (Lipinski definition) is 1. The zero-order valence-electron chi connectivity index (χ0n) is 10.8. The van der Waals surface area contributed by atoms with Crippen LogP contribution < -0.4 is 10.1 Å². The molecular weight excluding hydrogens is 226 g/mol. The summed E-state index contributed by atoms with van der Waals surface area (Å²) in [6.07, 6.45) is 3.50. The van der Waals surface area contributed by atoms with Crippen molar-refractivity contribution in [2.24, 2.45) is 0 Å². The summed E-state index contributed by atoms with van der Waals surface area (Å²) in [6.45, 7) is 4.00. The minimum atomic E-state index is 0.269. The minimum Gasteiger partial charge on any atom is -0.437 e. The van der Waals surface area contributed by atoms with E-state index in [2.05, 4.69) is 22.2 Å². The maximum atomic E-state index is 5.74. The molecule has 0 aromatic carbocycles. The van der Waals surface area contributed by atoms with E-state index >= 15 is 0 Å². The number of nitrogens with one attached hydrogen (secondary N) is 1. The van der Waals surface area contributed by atoms with E-state index in [9.17, 15) is 0 Å². The topological polar surface area (TPSA) is 47.0 Å². The van der Waals surface area contributed by atoms with Gasteiger partial charge in [0.2, 0.25) is 5.88 Å². The number of ether oxygens (including phenoxy) is 1. The highest BCUT2D eigenvalue weighted by atomic mass is 16.5. The molecular formula is C14H17N3O. The summed E-state index contributed by atoms with van der Waals surface area (Å²) in [5.74, 6) is 1.32. The van der Waals surface area contributed by atoms with Crippen molar-refractivity contribution in [2.45, 2.75) is 19.9 Å². The van der Waals surface area contributed by atoms with E-state index in [4.69, 9.17) is 4.74 Å². The van der Waals surface area contributed by atoms with Crippen molar-refractivity contribution < 1.29 is 4.74 Å². The van der Waals surface area contributed by atoms with Crippen LogP contribution in [0.2, 0.25) is 0 Å². The molecule has 4 nitrogen and oxygen atoms in total. The van der Waals surface area contributed by atoms with Crippen molar-refractivity contribution in [3.63, 3.8) is 0 Å². The van der Waals surface area contributed by atoms with Gasteiger partial charge in [-0.2, -0.15) is 0 Å². The number of rotatable bonds is 4. The van der Waals surface area contributed by atoms with Gasteiger partial charge in [0.05, 0.1) is 5.69 Å². The van der Waals surface area contributed by atoms with Crippen LogP contribution in [-0.4, -0.2) is 17.0 Å². The number of aryl methyl sites for hydroxylation is 1. The van der Waals surface area contributed by atoms with Crippen molar-refractivity contribution in [1.82, 2.24) is 15.3 Å². The smallest absolute Gasteiger partial charge is 0.219 e. The zero-order valence-corrected chi connectivity index (χ0v) is 10.8. The van der Waals surface area contributed by atoms with Crippen molar-refractivity contribution in [3.05, 3.63) is 47.9 Å². The SMILES string of the molecule is CNC(C)c1ccnc(Oc2cccnc2C)c1. The first-order valence-corrected chi connectivity index (χ1v) is 5.93. The first-order valence-electron chi connectivity index (χ1n) is 5.93. The molecule has 0 aliphatic rings. The van der Waals surface area contributed by atoms with Crippen LogP contribution >= 0.6 is 0 Å². The maximum absolute atomic E-state index is 5.74. The third-order valence-corrected chi connectivity index (χ3v) is 2.86. The standard InChI is InChI=1S/C14H17N3O/c1-10(15-3)12-6-8-17-14(9-12)18-13-5-4-7-16-11(13)2/h4-10,15H,1-3H3. The van der Waals surface area contributed by atoms with Gasteiger partial charge in [-0.1, -0.05) is 0 Å². The quantitative estimate of drug-likeness (QED) is 0.897. The highest BCUT2D eigenvalue weighted by Gasteiger charge is 2.06. The number of hydrogen-bond acceptors (Lipinski definition) is 4. The lowest BCUT2D eigenvalue weighted by atomic mass is 10.1. The minimum absolute atomic E-state index is 0.269. The molecule has 4 heteroatoms. The van der Waals surface area contributed by atoms with Crippen LogP contribution in [0.3, 0.4) is 0 Å². The van der Waals surface area contributed by atoms with Gasteiger partial charge in [0.25, 0.3) is 0 Å². The van der Waals surface area contributed by atoms with Gasteiger partial charge < -0.3 is 10.1 Å². The first-order chi connectivity index (χ1) is 8.70. The summed E-state index contributed by atoms with van der Waals surface area (Å²) in [6, 6.07) is 7.92. The van der Waals surface area contributed by atoms with Gasteiger partial charge in [-0.15, -0.1) is 0 Å². The van der Waals surface area contributed by atoms with Crippen molar-refractivity contribution in [2.75, 3.05) is 7.05 Å². The molecule has 0 bridgehead atoms. The summed E-state index contributed by atoms with van der Waals surface area (Å²) in [7, 11) is 1.93. The molecule has 0 fully saturated rings. The molecule has 1 N–H and O–H groups in total. The van der Waals surface area contributed by atoms with E-state index in [0.717, 1.165) is 17.0 Å². The van der Waals surface area contributed by atoms with Gasteiger partial charge in [0.15, 0.2) is 5.75 Å². The predicted molar refractivity (Wildman–Crippen MR) is 70.8 cm³/mol. The predicted octanol–water partition coefficient (Wildman–Crippen LogP) is 2.86. The van der Waals surface area contributed by atoms with Crippen molar-refractivity contribution in [3.8, 4) is 11.6 Å². The molecule has 0 spiro atoms. The summed E-state index contributed by atoms with van der Waals surface area (Å²) >= 11 is 0. The van der Waals surface area contributed by atoms with Gasteiger partial charge in [0, 0.05) is 24.5 Å². The second-order valence-corrected chi connectivity index (χ2v) is 4.13. The Bertz CT molecular complexity index is 528. The Morgan fingerprint density at radius 3 is 2.78 bits per heavy atom. The zero-order chi connectivity index (χ0) is 13.0. The van der Waals surface area contributed by atoms with Crippen molar-refractivity contribution in [1.29, 1.82) is 0 Å². The second kappa shape index (κ2) is 5.60. The fraction of sp³-hybridized carbons (Fsp3) is 0.286. The molecule has 2 heterocycles. The Morgan fingerprint density at radius 1 is 1.22 bits per heavy atom. The van der Waals surface area contributed by atoms with Gasteiger partial charge in [-0.25, -0.2) is 4.98 Å². The van der Waals surface area contributed by atoms with Crippen LogP contribution in [0, 0.1) is 6.92 Å². The van der Waals surface area contributed by atoms with Gasteiger partial charge in [-0.3, -0.25) is 4.98 Å². The van der Waals surface area contributed by atoms with Gasteiger partial charge in [0.1, 0.15) is 0 Å². The molecule has 0 aliphatic carbocycles. The molecule has 94 valence electrons. The summed E-state index contributed by atoms with van der Waals surface area (Å²) < 4.78 is 5.74. The molecule has 1 unspecified atom stereocenters. The highest BCUT2D eigenvalue weighted by Crippen LogP contribution is 2.23. The van der Waals surface area contributed by atoms with Crippen LogP contribution in [0.5, 0.6) is 11.6 Å². The van der Waals surface area contributed by atoms with Crippen LogP contribution in [0.1, 0.15) is 24.2 Å². The lowest BCUT2D eigenvalue weighted by Crippen LogP contribution is -2.12. The van der Waals surface area contributed by atoms with Crippen LogP contribution in [0.4, 0.5) is 0 Å². The second-order valence-electron chi connectivity index (χ2n) is 4.13. The third-order valence-electron chi connectivity index (χ3n) is 2.86. The summed E-state index contributed by atoms with van der Waals surface area (Å²) in [5.41, 5.74) is 2.00. The Kier molecular flexibility index (Phi) is 3.89. The fourth-order valence-electron chi connectivity index (χ4n) is 1.61. The van der Waals surface area contributed by atoms with Crippen LogP contribution in [0.15, 0.2) is 36.7 Å². The van der Waals surface area contributed by atoms with E-state index in [1.54, 1.807) is 12.4 Å². The molecule has 0 saturated carbocycles. The average molecular weight is 243 g/mol. The Balaban J connectivity index is 2.22. The summed E-state index contributed by atoms with van der Waals surface area (Å²) in [5, 5.41) is 3.19. The Hall–Kier alpha value is -1.94.